The smallest absolute Gasteiger partial charge is 0.363 e. The van der Waals surface area contributed by atoms with Crippen molar-refractivity contribution in [3.63, 3.8) is 0 Å². The summed E-state index contributed by atoms with van der Waals surface area (Å²) >= 11 is 6.38. The molecule has 34 heavy (non-hydrogen) atoms. The predicted molar refractivity (Wildman–Crippen MR) is 122 cm³/mol. The van der Waals surface area contributed by atoms with Gasteiger partial charge < -0.3 is 14.2 Å². The van der Waals surface area contributed by atoms with E-state index in [1.54, 1.807) is 24.3 Å². The molecule has 172 valence electrons. The summed E-state index contributed by atoms with van der Waals surface area (Å²) in [5.74, 6) is -0.939. The second kappa shape index (κ2) is 9.72. The maximum Gasteiger partial charge on any atom is 0.363 e. The predicted octanol–water partition coefficient (Wildman–Crippen LogP) is 5.32. The van der Waals surface area contributed by atoms with Crippen LogP contribution in [0.3, 0.4) is 0 Å². The quantitative estimate of drug-likeness (QED) is 0.195. The van der Waals surface area contributed by atoms with Gasteiger partial charge in [-0.25, -0.2) is 14.2 Å². The minimum Gasteiger partial charge on any atom is -0.493 e. The van der Waals surface area contributed by atoms with Crippen LogP contribution in [-0.2, 0) is 16.1 Å². The van der Waals surface area contributed by atoms with E-state index in [-0.39, 0.29) is 46.0 Å². The number of rotatable bonds is 7. The molecule has 0 saturated heterocycles. The number of methoxy groups -OCH3 is 1. The van der Waals surface area contributed by atoms with Crippen molar-refractivity contribution in [1.29, 1.82) is 0 Å². The number of hydrogen-bond donors (Lipinski definition) is 0. The molecule has 8 nitrogen and oxygen atoms in total. The van der Waals surface area contributed by atoms with Gasteiger partial charge in [-0.15, -0.1) is 0 Å². The zero-order valence-corrected chi connectivity index (χ0v) is 18.4. The zero-order chi connectivity index (χ0) is 24.2. The van der Waals surface area contributed by atoms with Gasteiger partial charge in [-0.1, -0.05) is 35.9 Å². The summed E-state index contributed by atoms with van der Waals surface area (Å²) in [5, 5.41) is 11.1. The van der Waals surface area contributed by atoms with E-state index in [1.807, 2.05) is 0 Å². The summed E-state index contributed by atoms with van der Waals surface area (Å²) in [6.45, 7) is 0.0147. The summed E-state index contributed by atoms with van der Waals surface area (Å²) in [7, 11) is 1.42. The van der Waals surface area contributed by atoms with Gasteiger partial charge in [0.05, 0.1) is 22.6 Å². The molecule has 4 rings (SSSR count). The van der Waals surface area contributed by atoms with E-state index in [9.17, 15) is 19.3 Å². The highest BCUT2D eigenvalue weighted by Gasteiger charge is 2.26. The maximum atomic E-state index is 14.0. The SMILES string of the molecule is COc1cc(/C=C2\N=C(c3ccccc3F)OC2=O)cc(Cl)c1OCc1cccc([N+](=O)[O-])c1. The summed E-state index contributed by atoms with van der Waals surface area (Å²) in [5.41, 5.74) is 1.01. The number of hydrogen-bond acceptors (Lipinski definition) is 7. The van der Waals surface area contributed by atoms with Crippen LogP contribution in [0.25, 0.3) is 6.08 Å². The van der Waals surface area contributed by atoms with Crippen LogP contribution in [0, 0.1) is 15.9 Å². The molecular weight excluding hydrogens is 467 g/mol. The number of benzene rings is 3. The second-order valence-corrected chi connectivity index (χ2v) is 7.47. The molecule has 3 aromatic carbocycles. The highest BCUT2D eigenvalue weighted by Crippen LogP contribution is 2.38. The van der Waals surface area contributed by atoms with E-state index in [0.29, 0.717) is 11.1 Å². The number of carbonyl (C=O) groups is 1. The molecule has 0 saturated carbocycles. The van der Waals surface area contributed by atoms with Gasteiger partial charge in [-0.2, -0.15) is 0 Å². The summed E-state index contributed by atoms with van der Waals surface area (Å²) in [4.78, 5) is 26.8. The molecule has 0 fully saturated rings. The van der Waals surface area contributed by atoms with Gasteiger partial charge in [0.15, 0.2) is 17.2 Å². The largest absolute Gasteiger partial charge is 0.493 e. The molecule has 0 unspecified atom stereocenters. The molecule has 1 heterocycles. The molecule has 1 aliphatic heterocycles. The Morgan fingerprint density at radius 3 is 2.71 bits per heavy atom. The van der Waals surface area contributed by atoms with E-state index in [2.05, 4.69) is 4.99 Å². The summed E-state index contributed by atoms with van der Waals surface area (Å²) < 4.78 is 30.2. The van der Waals surface area contributed by atoms with Crippen LogP contribution in [0.15, 0.2) is 71.4 Å². The van der Waals surface area contributed by atoms with Gasteiger partial charge in [-0.05, 0) is 41.5 Å². The van der Waals surface area contributed by atoms with Crippen LogP contribution in [-0.4, -0.2) is 23.9 Å². The lowest BCUT2D eigenvalue weighted by molar-refractivity contribution is -0.384. The highest BCUT2D eigenvalue weighted by atomic mass is 35.5. The lowest BCUT2D eigenvalue weighted by Crippen LogP contribution is -2.07. The Labute approximate surface area is 198 Å². The fraction of sp³-hybridized carbons (Fsp3) is 0.0833. The van der Waals surface area contributed by atoms with E-state index in [1.165, 1.54) is 49.6 Å². The fourth-order valence-corrected chi connectivity index (χ4v) is 3.47. The lowest BCUT2D eigenvalue weighted by Gasteiger charge is -2.13. The van der Waals surface area contributed by atoms with Crippen molar-refractivity contribution in [3.05, 3.63) is 104 Å². The molecule has 0 aliphatic carbocycles. The molecule has 0 spiro atoms. The van der Waals surface area contributed by atoms with Crippen molar-refractivity contribution < 1.29 is 28.3 Å². The number of aliphatic imine (C=N–C) groups is 1. The first kappa shape index (κ1) is 22.9. The number of esters is 1. The Morgan fingerprint density at radius 2 is 1.97 bits per heavy atom. The zero-order valence-electron chi connectivity index (χ0n) is 17.7. The first-order valence-corrected chi connectivity index (χ1v) is 10.2. The average Bonchev–Trinajstić information content (AvgIpc) is 3.18. The van der Waals surface area contributed by atoms with Gasteiger partial charge in [0.25, 0.3) is 5.69 Å². The number of nitro benzene ring substituents is 1. The van der Waals surface area contributed by atoms with E-state index in [0.717, 1.165) is 0 Å². The molecule has 0 aromatic heterocycles. The molecule has 0 N–H and O–H groups in total. The van der Waals surface area contributed by atoms with Crippen molar-refractivity contribution in [2.75, 3.05) is 7.11 Å². The van der Waals surface area contributed by atoms with Crippen LogP contribution < -0.4 is 9.47 Å². The van der Waals surface area contributed by atoms with E-state index >= 15 is 0 Å². The fourth-order valence-electron chi connectivity index (χ4n) is 3.20. The Morgan fingerprint density at radius 1 is 1.18 bits per heavy atom. The standard InChI is InChI=1S/C24H16ClFN2O6/c1-32-21-12-15(11-20-24(29)34-23(27-20)17-7-2-3-8-19(17)26)10-18(25)22(21)33-13-14-5-4-6-16(9-14)28(30)31/h2-12H,13H2,1H3/b20-11-. The molecule has 0 atom stereocenters. The Hall–Kier alpha value is -4.24. The number of non-ortho nitro benzene ring substituents is 1. The number of nitro groups is 1. The van der Waals surface area contributed by atoms with Crippen LogP contribution in [0.2, 0.25) is 5.02 Å². The van der Waals surface area contributed by atoms with Gasteiger partial charge >= 0.3 is 5.97 Å². The first-order valence-electron chi connectivity index (χ1n) is 9.87. The number of nitrogens with zero attached hydrogens (tertiary/aromatic N) is 2. The third kappa shape index (κ3) is 4.89. The normalized spacial score (nSPS) is 14.0. The van der Waals surface area contributed by atoms with E-state index in [4.69, 9.17) is 25.8 Å². The Balaban J connectivity index is 1.59. The van der Waals surface area contributed by atoms with Gasteiger partial charge in [0.2, 0.25) is 5.90 Å². The topological polar surface area (TPSA) is 100 Å². The van der Waals surface area contributed by atoms with Crippen molar-refractivity contribution in [2.45, 2.75) is 6.61 Å². The third-order valence-electron chi connectivity index (χ3n) is 4.78. The maximum absolute atomic E-state index is 14.0. The molecule has 3 aromatic rings. The number of cyclic esters (lactones) is 1. The van der Waals surface area contributed by atoms with Gasteiger partial charge in [0, 0.05) is 12.1 Å². The minimum atomic E-state index is -0.737. The molecular formula is C24H16ClFN2O6. The highest BCUT2D eigenvalue weighted by molar-refractivity contribution is 6.32. The van der Waals surface area contributed by atoms with Crippen molar-refractivity contribution in [3.8, 4) is 11.5 Å². The van der Waals surface area contributed by atoms with Crippen LogP contribution in [0.4, 0.5) is 10.1 Å². The molecule has 10 heteroatoms. The van der Waals surface area contributed by atoms with Crippen molar-refractivity contribution in [2.24, 2.45) is 4.99 Å². The van der Waals surface area contributed by atoms with E-state index < -0.39 is 16.7 Å². The molecule has 1 aliphatic rings. The molecule has 0 amide bonds. The van der Waals surface area contributed by atoms with Gasteiger partial charge in [0.1, 0.15) is 12.4 Å². The van der Waals surface area contributed by atoms with Crippen LogP contribution in [0.5, 0.6) is 11.5 Å². The van der Waals surface area contributed by atoms with Crippen molar-refractivity contribution >= 4 is 35.2 Å². The molecule has 0 bridgehead atoms. The van der Waals surface area contributed by atoms with Crippen LogP contribution in [0.1, 0.15) is 16.7 Å². The first-order chi connectivity index (χ1) is 16.4. The second-order valence-electron chi connectivity index (χ2n) is 7.07. The summed E-state index contributed by atoms with van der Waals surface area (Å²) in [6, 6.07) is 14.9. The average molecular weight is 483 g/mol. The summed E-state index contributed by atoms with van der Waals surface area (Å²) in [6.07, 6.45) is 1.43. The number of halogens is 2. The van der Waals surface area contributed by atoms with Crippen LogP contribution >= 0.6 is 11.6 Å². The Kier molecular flexibility index (Phi) is 6.55. The molecule has 0 radical (unpaired) electrons. The monoisotopic (exact) mass is 482 g/mol. The lowest BCUT2D eigenvalue weighted by atomic mass is 10.1. The van der Waals surface area contributed by atoms with Crippen molar-refractivity contribution in [1.82, 2.24) is 0 Å². The third-order valence-corrected chi connectivity index (χ3v) is 5.07. The number of carbonyl (C=O) groups excluding carboxylic acids is 1. The number of ether oxygens (including phenoxy) is 3. The minimum absolute atomic E-state index is 0.0147. The van der Waals surface area contributed by atoms with Gasteiger partial charge in [-0.3, -0.25) is 10.1 Å². The Bertz CT molecular complexity index is 1360.